The lowest BCUT2D eigenvalue weighted by Crippen LogP contribution is -2.63. The van der Waals surface area contributed by atoms with Crippen molar-refractivity contribution in [1.29, 1.82) is 0 Å². The zero-order valence-corrected chi connectivity index (χ0v) is 33.0. The summed E-state index contributed by atoms with van der Waals surface area (Å²) >= 11 is 11.2. The molecular weight excluding hydrogens is 714 g/mol. The van der Waals surface area contributed by atoms with Gasteiger partial charge in [0.15, 0.2) is 5.72 Å². The van der Waals surface area contributed by atoms with Crippen molar-refractivity contribution in [3.8, 4) is 5.75 Å². The van der Waals surface area contributed by atoms with Crippen molar-refractivity contribution in [2.45, 2.75) is 107 Å². The van der Waals surface area contributed by atoms with Gasteiger partial charge in [0.2, 0.25) is 11.8 Å². The number of methoxy groups -OCH3 is 2. The van der Waals surface area contributed by atoms with Crippen molar-refractivity contribution in [3.05, 3.63) is 46.5 Å². The molecule has 3 aliphatic heterocycles. The maximum absolute atomic E-state index is 14.1. The number of aliphatic hydroxyl groups is 1. The molecule has 2 fully saturated rings. The van der Waals surface area contributed by atoms with E-state index in [0.717, 1.165) is 11.1 Å². The number of esters is 1. The normalized spacial score (nSPS) is 31.3. The van der Waals surface area contributed by atoms with E-state index in [1.54, 1.807) is 45.2 Å². The van der Waals surface area contributed by atoms with Gasteiger partial charge in [0.25, 0.3) is 0 Å². The molecule has 7 atom stereocenters. The molecule has 3 aliphatic rings. The van der Waals surface area contributed by atoms with E-state index in [-0.39, 0.29) is 41.5 Å². The number of allylic oxidation sites excluding steroid dienone is 3. The molecule has 0 saturated carbocycles. The fourth-order valence-electron chi connectivity index (χ4n) is 6.69. The van der Waals surface area contributed by atoms with Crippen molar-refractivity contribution in [1.82, 2.24) is 10.2 Å². The quantitative estimate of drug-likeness (QED) is 0.194. The number of likely N-dealkylation sites (N-methyl/N-ethyl adjacent to an activating group) is 1. The number of nitrogens with zero attached hydrogens (tertiary/aromatic N) is 2. The van der Waals surface area contributed by atoms with Gasteiger partial charge in [-0.15, -0.1) is 0 Å². The molecule has 3 amide bonds. The van der Waals surface area contributed by atoms with Crippen molar-refractivity contribution < 1.29 is 48.0 Å². The van der Waals surface area contributed by atoms with Gasteiger partial charge in [0.1, 0.15) is 41.2 Å². The second kappa shape index (κ2) is 16.4. The maximum Gasteiger partial charge on any atom is 0.409 e. The minimum Gasteiger partial charge on any atom is -0.495 e. The highest BCUT2D eigenvalue weighted by Gasteiger charge is 2.64. The first-order valence-corrected chi connectivity index (χ1v) is 18.1. The number of carbonyl (C=O) groups excluding carboxylic acids is 4. The summed E-state index contributed by atoms with van der Waals surface area (Å²) in [6.07, 6.45) is 1.67. The topological polar surface area (TPSA) is 156 Å². The van der Waals surface area contributed by atoms with Crippen LogP contribution < -0.4 is 15.0 Å². The molecule has 15 heteroatoms. The van der Waals surface area contributed by atoms with E-state index in [9.17, 15) is 24.3 Å². The van der Waals surface area contributed by atoms with E-state index < -0.39 is 59.6 Å². The van der Waals surface area contributed by atoms with Gasteiger partial charge in [-0.05, 0) is 44.4 Å². The molecule has 3 heterocycles. The lowest BCUT2D eigenvalue weighted by molar-refractivity contribution is -0.157. The number of fused-ring (bicyclic) bond motifs is 5. The number of hydrogen-bond acceptors (Lipinski definition) is 11. The lowest BCUT2D eigenvalue weighted by Gasteiger charge is -2.42. The predicted molar refractivity (Wildman–Crippen MR) is 199 cm³/mol. The van der Waals surface area contributed by atoms with Crippen molar-refractivity contribution >= 4 is 53.8 Å². The van der Waals surface area contributed by atoms with Crippen LogP contribution in [-0.4, -0.2) is 109 Å². The van der Waals surface area contributed by atoms with Gasteiger partial charge in [0, 0.05) is 44.7 Å². The molecule has 0 radical (unpaired) electrons. The number of rotatable bonds is 8. The Morgan fingerprint density at radius 3 is 2.58 bits per heavy atom. The number of hydrogen-bond donors (Lipinski definition) is 3. The van der Waals surface area contributed by atoms with Crippen molar-refractivity contribution in [2.75, 3.05) is 39.8 Å². The van der Waals surface area contributed by atoms with Gasteiger partial charge in [-0.1, -0.05) is 56.2 Å². The van der Waals surface area contributed by atoms with Crippen LogP contribution in [0, 0.1) is 5.92 Å². The summed E-state index contributed by atoms with van der Waals surface area (Å²) in [6.45, 7) is 8.88. The average Bonchev–Trinajstić information content (AvgIpc) is 3.76. The van der Waals surface area contributed by atoms with E-state index in [1.807, 2.05) is 26.8 Å². The van der Waals surface area contributed by atoms with Crippen LogP contribution >= 0.6 is 24.2 Å². The molecule has 1 aromatic rings. The molecule has 13 nitrogen and oxygen atoms in total. The summed E-state index contributed by atoms with van der Waals surface area (Å²) in [5.41, 5.74) is -0.894. The Hall–Kier alpha value is -3.30. The number of thiol groups is 1. The SMILES string of the molecule is COc1cc2cc(c1Cl)N(C)C(=O)C[C@H](OC(=O)CN(C)C(=O)CCC(C)(C)S)[C@]1(C)O[C@H]1[C@H](C)C1C[C@@](O)(NC(=O)O1)[C@H](OC)/C=C/C=C(\C)C2. The Morgan fingerprint density at radius 1 is 1.25 bits per heavy atom. The average molecular weight is 766 g/mol. The van der Waals surface area contributed by atoms with E-state index >= 15 is 0 Å². The maximum atomic E-state index is 14.1. The Bertz CT molecular complexity index is 1600. The molecule has 1 unspecified atom stereocenters. The van der Waals surface area contributed by atoms with Crippen molar-refractivity contribution in [2.24, 2.45) is 5.92 Å². The number of amides is 3. The van der Waals surface area contributed by atoms with Crippen LogP contribution in [0.5, 0.6) is 5.75 Å². The van der Waals surface area contributed by atoms with Gasteiger partial charge in [-0.3, -0.25) is 19.7 Å². The number of benzene rings is 1. The number of anilines is 1. The van der Waals surface area contributed by atoms with Crippen LogP contribution in [0.1, 0.15) is 65.9 Å². The summed E-state index contributed by atoms with van der Waals surface area (Å²) in [7, 11) is 6.00. The monoisotopic (exact) mass is 765 g/mol. The summed E-state index contributed by atoms with van der Waals surface area (Å²) in [5.74, 6) is -1.57. The van der Waals surface area contributed by atoms with Crippen LogP contribution in [0.2, 0.25) is 5.02 Å². The molecule has 4 rings (SSSR count). The van der Waals surface area contributed by atoms with Crippen LogP contribution in [0.25, 0.3) is 0 Å². The zero-order chi connectivity index (χ0) is 38.8. The number of epoxide rings is 1. The lowest BCUT2D eigenvalue weighted by atomic mass is 9.83. The van der Waals surface area contributed by atoms with Crippen LogP contribution in [0.4, 0.5) is 10.5 Å². The van der Waals surface area contributed by atoms with Crippen LogP contribution in [-0.2, 0) is 39.8 Å². The second-order valence-corrected chi connectivity index (χ2v) is 16.4. The molecule has 0 spiro atoms. The third-order valence-corrected chi connectivity index (χ3v) is 10.6. The smallest absolute Gasteiger partial charge is 0.409 e. The van der Waals surface area contributed by atoms with Gasteiger partial charge >= 0.3 is 12.1 Å². The first-order valence-electron chi connectivity index (χ1n) is 17.3. The minimum absolute atomic E-state index is 0.0480. The minimum atomic E-state index is -1.82. The number of halogens is 1. The molecule has 1 aromatic carbocycles. The molecule has 52 heavy (non-hydrogen) atoms. The largest absolute Gasteiger partial charge is 0.495 e. The first kappa shape index (κ1) is 41.5. The van der Waals surface area contributed by atoms with Crippen LogP contribution in [0.15, 0.2) is 35.9 Å². The number of nitrogens with one attached hydrogen (secondary N) is 1. The molecule has 0 aliphatic carbocycles. The highest BCUT2D eigenvalue weighted by molar-refractivity contribution is 7.81. The molecule has 4 bridgehead atoms. The Kier molecular flexibility index (Phi) is 13.1. The van der Waals surface area contributed by atoms with Gasteiger partial charge in [0.05, 0.1) is 25.3 Å². The molecule has 0 aromatic heterocycles. The Morgan fingerprint density at radius 2 is 1.94 bits per heavy atom. The number of alkyl carbamates (subject to hydrolysis) is 1. The summed E-state index contributed by atoms with van der Waals surface area (Å²) in [6, 6.07) is 3.58. The zero-order valence-electron chi connectivity index (χ0n) is 31.4. The van der Waals surface area contributed by atoms with Crippen molar-refractivity contribution in [3.63, 3.8) is 0 Å². The van der Waals surface area contributed by atoms with E-state index in [4.69, 9.17) is 35.3 Å². The summed E-state index contributed by atoms with van der Waals surface area (Å²) in [5, 5.41) is 14.4. The first-order chi connectivity index (χ1) is 24.2. The highest BCUT2D eigenvalue weighted by Crippen LogP contribution is 2.49. The van der Waals surface area contributed by atoms with Gasteiger partial charge in [-0.25, -0.2) is 4.79 Å². The standard InChI is InChI=1S/C37H52ClN3O10S/c1-21-11-10-12-27(48-9)37(46)19-26(49-34(45)39-37)22(2)33-36(5,51-33)28(50-31(44)20-40(6)29(42)13-14-35(3,4)52)18-30(43)41(7)24-16-23(15-21)17-25(47-8)32(24)38/h10-12,16-17,22,26-28,33,46,52H,13-15,18-20H2,1-9H3,(H,39,45)/b12-10+,21-11+/t22-,26?,27-,28+,33+,36+,37+/m1/s1. The summed E-state index contributed by atoms with van der Waals surface area (Å²) < 4.78 is 28.7. The third kappa shape index (κ3) is 9.81. The highest BCUT2D eigenvalue weighted by atomic mass is 35.5. The van der Waals surface area contributed by atoms with E-state index in [0.29, 0.717) is 24.3 Å². The number of ether oxygens (including phenoxy) is 5. The number of carbonyl (C=O) groups is 4. The van der Waals surface area contributed by atoms with E-state index in [2.05, 4.69) is 17.9 Å². The Balaban J connectivity index is 1.72. The fraction of sp³-hybridized carbons (Fsp3) is 0.622. The second-order valence-electron chi connectivity index (χ2n) is 14.8. The molecule has 288 valence electrons. The third-order valence-electron chi connectivity index (χ3n) is 9.97. The van der Waals surface area contributed by atoms with Gasteiger partial charge in [-0.2, -0.15) is 12.6 Å². The van der Waals surface area contributed by atoms with Gasteiger partial charge < -0.3 is 38.6 Å². The molecule has 2 saturated heterocycles. The predicted octanol–water partition coefficient (Wildman–Crippen LogP) is 4.61. The molecular formula is C37H52ClN3O10S. The Labute approximate surface area is 316 Å². The van der Waals surface area contributed by atoms with E-state index in [1.165, 1.54) is 31.1 Å². The summed E-state index contributed by atoms with van der Waals surface area (Å²) in [4.78, 5) is 55.8. The molecule has 2 N–H and O–H groups in total. The van der Waals surface area contributed by atoms with Crippen LogP contribution in [0.3, 0.4) is 0 Å². The fourth-order valence-corrected chi connectivity index (χ4v) is 7.11.